The first-order valence-electron chi connectivity index (χ1n) is 7.84. The number of hydrogen-bond acceptors (Lipinski definition) is 3. The zero-order valence-electron chi connectivity index (χ0n) is 13.3. The maximum atomic E-state index is 9.62. The first-order chi connectivity index (χ1) is 11.7. The number of nitriles is 1. The van der Waals surface area contributed by atoms with Crippen molar-refractivity contribution in [1.29, 1.82) is 5.26 Å². The number of benzene rings is 3. The number of rotatable bonds is 1. The number of nitrogens with two attached hydrogens (primary N) is 1. The minimum Gasteiger partial charge on any atom is -0.440 e. The molecule has 0 amide bonds. The predicted octanol–water partition coefficient (Wildman–Crippen LogP) is 4.37. The monoisotopic (exact) mass is 312 g/mol. The van der Waals surface area contributed by atoms with Crippen molar-refractivity contribution in [3.05, 3.63) is 88.8 Å². The van der Waals surface area contributed by atoms with E-state index < -0.39 is 0 Å². The molecule has 0 bridgehead atoms. The van der Waals surface area contributed by atoms with Crippen LogP contribution >= 0.6 is 0 Å². The van der Waals surface area contributed by atoms with Crippen molar-refractivity contribution in [3.8, 4) is 11.8 Å². The van der Waals surface area contributed by atoms with Crippen LogP contribution in [0.5, 0.6) is 5.75 Å². The van der Waals surface area contributed by atoms with Crippen LogP contribution in [0, 0.1) is 18.3 Å². The third-order valence-corrected chi connectivity index (χ3v) is 4.49. The number of aryl methyl sites for hydroxylation is 1. The fraction of sp³-hybridized carbons (Fsp3) is 0.0952. The molecule has 1 heterocycles. The molecule has 3 heteroatoms. The average molecular weight is 312 g/mol. The molecule has 1 aliphatic rings. The maximum absolute atomic E-state index is 9.62. The molecule has 0 spiro atoms. The first kappa shape index (κ1) is 14.3. The van der Waals surface area contributed by atoms with E-state index in [0.717, 1.165) is 27.6 Å². The highest BCUT2D eigenvalue weighted by atomic mass is 16.5. The molecule has 0 saturated carbocycles. The molecule has 1 atom stereocenters. The summed E-state index contributed by atoms with van der Waals surface area (Å²) in [6.07, 6.45) is 0. The van der Waals surface area contributed by atoms with Gasteiger partial charge in [0.2, 0.25) is 5.88 Å². The maximum Gasteiger partial charge on any atom is 0.205 e. The Labute approximate surface area is 140 Å². The Morgan fingerprint density at radius 2 is 1.67 bits per heavy atom. The number of hydrogen-bond donors (Lipinski definition) is 1. The van der Waals surface area contributed by atoms with E-state index in [2.05, 4.69) is 42.5 Å². The SMILES string of the molecule is Cc1ccc(C2C(C#N)=C(N)Oc3cc4ccccc4cc32)cc1. The molecule has 0 fully saturated rings. The lowest BCUT2D eigenvalue weighted by molar-refractivity contribution is 0.394. The predicted molar refractivity (Wildman–Crippen MR) is 94.4 cm³/mol. The highest BCUT2D eigenvalue weighted by Crippen LogP contribution is 2.43. The number of fused-ring (bicyclic) bond motifs is 2. The summed E-state index contributed by atoms with van der Waals surface area (Å²) >= 11 is 0. The Hall–Kier alpha value is -3.25. The third-order valence-electron chi connectivity index (χ3n) is 4.49. The molecule has 4 rings (SSSR count). The molecule has 0 aliphatic carbocycles. The topological polar surface area (TPSA) is 59.0 Å². The fourth-order valence-corrected chi connectivity index (χ4v) is 3.25. The smallest absolute Gasteiger partial charge is 0.205 e. The molecule has 3 aromatic carbocycles. The van der Waals surface area contributed by atoms with Gasteiger partial charge in [-0.15, -0.1) is 0 Å². The van der Waals surface area contributed by atoms with Crippen LogP contribution in [0.2, 0.25) is 0 Å². The summed E-state index contributed by atoms with van der Waals surface area (Å²) in [5.74, 6) is 0.700. The zero-order valence-corrected chi connectivity index (χ0v) is 13.3. The van der Waals surface area contributed by atoms with E-state index in [-0.39, 0.29) is 11.8 Å². The Morgan fingerprint density at radius 1 is 1.00 bits per heavy atom. The Balaban J connectivity index is 1.98. The summed E-state index contributed by atoms with van der Waals surface area (Å²) < 4.78 is 5.75. The van der Waals surface area contributed by atoms with E-state index in [1.165, 1.54) is 5.56 Å². The van der Waals surface area contributed by atoms with Crippen LogP contribution in [-0.4, -0.2) is 0 Å². The van der Waals surface area contributed by atoms with Crippen LogP contribution < -0.4 is 10.5 Å². The van der Waals surface area contributed by atoms with E-state index in [9.17, 15) is 5.26 Å². The lowest BCUT2D eigenvalue weighted by atomic mass is 9.82. The molecule has 0 aromatic heterocycles. The van der Waals surface area contributed by atoms with E-state index in [1.54, 1.807) is 0 Å². The number of ether oxygens (including phenoxy) is 1. The normalized spacial score (nSPS) is 16.4. The van der Waals surface area contributed by atoms with E-state index in [0.29, 0.717) is 5.57 Å². The molecule has 3 aromatic rings. The molecule has 1 unspecified atom stereocenters. The summed E-state index contributed by atoms with van der Waals surface area (Å²) in [4.78, 5) is 0. The van der Waals surface area contributed by atoms with Crippen molar-refractivity contribution in [1.82, 2.24) is 0 Å². The van der Waals surface area contributed by atoms with Gasteiger partial charge in [0, 0.05) is 5.56 Å². The zero-order chi connectivity index (χ0) is 16.7. The van der Waals surface area contributed by atoms with Crippen LogP contribution in [0.3, 0.4) is 0 Å². The van der Waals surface area contributed by atoms with Crippen LogP contribution in [0.25, 0.3) is 10.8 Å². The van der Waals surface area contributed by atoms with Gasteiger partial charge in [0.25, 0.3) is 0 Å². The Kier molecular flexibility index (Phi) is 3.25. The highest BCUT2D eigenvalue weighted by Gasteiger charge is 2.30. The lowest BCUT2D eigenvalue weighted by Gasteiger charge is -2.27. The lowest BCUT2D eigenvalue weighted by Crippen LogP contribution is -2.21. The van der Waals surface area contributed by atoms with Crippen LogP contribution in [0.4, 0.5) is 0 Å². The van der Waals surface area contributed by atoms with Gasteiger partial charge >= 0.3 is 0 Å². The van der Waals surface area contributed by atoms with E-state index >= 15 is 0 Å². The van der Waals surface area contributed by atoms with Crippen molar-refractivity contribution in [2.45, 2.75) is 12.8 Å². The van der Waals surface area contributed by atoms with E-state index in [1.807, 2.05) is 31.2 Å². The van der Waals surface area contributed by atoms with Crippen LogP contribution in [-0.2, 0) is 0 Å². The first-order valence-corrected chi connectivity index (χ1v) is 7.84. The minimum atomic E-state index is -0.205. The molecular weight excluding hydrogens is 296 g/mol. The second kappa shape index (κ2) is 5.43. The second-order valence-corrected chi connectivity index (χ2v) is 6.07. The number of nitrogens with zero attached hydrogens (tertiary/aromatic N) is 1. The van der Waals surface area contributed by atoms with Gasteiger partial charge in [-0.25, -0.2) is 0 Å². The fourth-order valence-electron chi connectivity index (χ4n) is 3.25. The van der Waals surface area contributed by atoms with Gasteiger partial charge in [-0.3, -0.25) is 0 Å². The summed E-state index contributed by atoms with van der Waals surface area (Å²) in [6.45, 7) is 2.05. The minimum absolute atomic E-state index is 0.186. The van der Waals surface area contributed by atoms with Crippen molar-refractivity contribution in [3.63, 3.8) is 0 Å². The summed E-state index contributed by atoms with van der Waals surface area (Å²) in [5.41, 5.74) is 9.70. The Bertz CT molecular complexity index is 1010. The molecular formula is C21H16N2O. The van der Waals surface area contributed by atoms with Gasteiger partial charge in [0.1, 0.15) is 17.4 Å². The molecule has 116 valence electrons. The summed E-state index contributed by atoms with van der Waals surface area (Å²) in [7, 11) is 0. The van der Waals surface area contributed by atoms with Crippen molar-refractivity contribution >= 4 is 10.8 Å². The molecule has 2 N–H and O–H groups in total. The van der Waals surface area contributed by atoms with Crippen molar-refractivity contribution in [2.75, 3.05) is 0 Å². The molecule has 0 saturated heterocycles. The molecule has 1 aliphatic heterocycles. The molecule has 24 heavy (non-hydrogen) atoms. The average Bonchev–Trinajstić information content (AvgIpc) is 2.60. The highest BCUT2D eigenvalue weighted by molar-refractivity contribution is 5.86. The van der Waals surface area contributed by atoms with Gasteiger partial charge in [-0.2, -0.15) is 5.26 Å². The van der Waals surface area contributed by atoms with Gasteiger partial charge in [0.15, 0.2) is 0 Å². The van der Waals surface area contributed by atoms with Gasteiger partial charge < -0.3 is 10.5 Å². The Morgan fingerprint density at radius 3 is 2.33 bits per heavy atom. The quantitative estimate of drug-likeness (QED) is 0.726. The van der Waals surface area contributed by atoms with E-state index in [4.69, 9.17) is 10.5 Å². The van der Waals surface area contributed by atoms with Crippen LogP contribution in [0.1, 0.15) is 22.6 Å². The van der Waals surface area contributed by atoms with Crippen molar-refractivity contribution in [2.24, 2.45) is 5.73 Å². The summed E-state index contributed by atoms with van der Waals surface area (Å²) in [5, 5.41) is 11.8. The van der Waals surface area contributed by atoms with Gasteiger partial charge in [-0.1, -0.05) is 54.1 Å². The second-order valence-electron chi connectivity index (χ2n) is 6.07. The van der Waals surface area contributed by atoms with Crippen molar-refractivity contribution < 1.29 is 4.74 Å². The largest absolute Gasteiger partial charge is 0.440 e. The van der Waals surface area contributed by atoms with Gasteiger partial charge in [0.05, 0.1) is 5.92 Å². The number of allylic oxidation sites excluding steroid dienone is 1. The molecule has 0 radical (unpaired) electrons. The van der Waals surface area contributed by atoms with Crippen LogP contribution in [0.15, 0.2) is 72.1 Å². The third kappa shape index (κ3) is 2.21. The van der Waals surface area contributed by atoms with Gasteiger partial charge in [-0.05, 0) is 35.4 Å². The summed E-state index contributed by atoms with van der Waals surface area (Å²) in [6, 6.07) is 22.6. The molecule has 3 nitrogen and oxygen atoms in total. The standard InChI is InChI=1S/C21H16N2O/c1-13-6-8-14(9-7-13)20-17-10-15-4-2-3-5-16(15)11-19(17)24-21(23)18(20)12-22/h2-11,20H,23H2,1H3.